The number of ketones is 3. The van der Waals surface area contributed by atoms with Crippen molar-refractivity contribution in [2.45, 2.75) is 104 Å². The Morgan fingerprint density at radius 3 is 2.44 bits per heavy atom. The molecule has 10 heteroatoms. The van der Waals surface area contributed by atoms with Gasteiger partial charge in [0.15, 0.2) is 12.4 Å². The summed E-state index contributed by atoms with van der Waals surface area (Å²) in [6.45, 7) is 6.89. The van der Waals surface area contributed by atoms with Crippen molar-refractivity contribution >= 4 is 35.2 Å². The fourth-order valence-electron chi connectivity index (χ4n) is 8.36. The molecule has 0 heterocycles. The van der Waals surface area contributed by atoms with E-state index in [1.54, 1.807) is 13.0 Å². The molecule has 0 spiro atoms. The minimum absolute atomic E-state index is 0.00446. The van der Waals surface area contributed by atoms with Gasteiger partial charge in [-0.05, 0) is 67.8 Å². The quantitative estimate of drug-likeness (QED) is 0.333. The second-order valence-corrected chi connectivity index (χ2v) is 13.5. The number of carboxylic acids is 1. The molecule has 3 N–H and O–H groups in total. The van der Waals surface area contributed by atoms with Crippen LogP contribution in [0.5, 0.6) is 0 Å². The average Bonchev–Trinajstić information content (AvgIpc) is 3.16. The number of carbonyl (C=O) groups excluding carboxylic acids is 5. The molecular formula is C31H43NO9. The molecule has 0 saturated heterocycles. The Labute approximate surface area is 240 Å². The fraction of sp³-hybridized carbons (Fsp3) is 0.742. The summed E-state index contributed by atoms with van der Waals surface area (Å²) >= 11 is 0. The highest BCUT2D eigenvalue weighted by molar-refractivity contribution is 5.95. The van der Waals surface area contributed by atoms with E-state index in [1.165, 1.54) is 0 Å². The molecule has 0 aliphatic heterocycles. The zero-order valence-corrected chi connectivity index (χ0v) is 24.5. The lowest BCUT2D eigenvalue weighted by Gasteiger charge is -2.57. The van der Waals surface area contributed by atoms with Gasteiger partial charge in [-0.2, -0.15) is 0 Å². The minimum atomic E-state index is -1.82. The number of ether oxygens (including phenoxy) is 1. The van der Waals surface area contributed by atoms with Crippen molar-refractivity contribution in [2.24, 2.45) is 34.5 Å². The number of rotatable bonds is 10. The predicted molar refractivity (Wildman–Crippen MR) is 146 cm³/mol. The first kappa shape index (κ1) is 31.1. The molecule has 7 atom stereocenters. The number of esters is 1. The van der Waals surface area contributed by atoms with Crippen molar-refractivity contribution in [2.75, 3.05) is 6.61 Å². The molecule has 0 aromatic heterocycles. The van der Waals surface area contributed by atoms with E-state index in [-0.39, 0.29) is 72.8 Å². The smallest absolute Gasteiger partial charge is 0.326 e. The van der Waals surface area contributed by atoms with Crippen LogP contribution in [-0.2, 0) is 33.5 Å². The summed E-state index contributed by atoms with van der Waals surface area (Å²) in [4.78, 5) is 75.0. The molecule has 4 aliphatic rings. The second kappa shape index (κ2) is 11.4. The van der Waals surface area contributed by atoms with E-state index in [4.69, 9.17) is 4.74 Å². The van der Waals surface area contributed by atoms with Crippen molar-refractivity contribution in [1.29, 1.82) is 0 Å². The van der Waals surface area contributed by atoms with E-state index in [9.17, 15) is 39.0 Å². The zero-order valence-electron chi connectivity index (χ0n) is 24.5. The molecule has 3 saturated carbocycles. The molecule has 0 unspecified atom stereocenters. The Morgan fingerprint density at radius 1 is 1.07 bits per heavy atom. The number of hydrogen-bond acceptors (Lipinski definition) is 8. The van der Waals surface area contributed by atoms with Crippen LogP contribution < -0.4 is 5.32 Å². The van der Waals surface area contributed by atoms with Crippen LogP contribution in [0.2, 0.25) is 0 Å². The third-order valence-electron chi connectivity index (χ3n) is 10.5. The monoisotopic (exact) mass is 573 g/mol. The number of fused-ring (bicyclic) bond motifs is 5. The van der Waals surface area contributed by atoms with Gasteiger partial charge in [0.25, 0.3) is 0 Å². The Balaban J connectivity index is 1.36. The number of carbonyl (C=O) groups is 6. The van der Waals surface area contributed by atoms with Crippen molar-refractivity contribution in [3.05, 3.63) is 11.6 Å². The van der Waals surface area contributed by atoms with Gasteiger partial charge in [0.2, 0.25) is 11.7 Å². The maximum Gasteiger partial charge on any atom is 0.326 e. The molecular weight excluding hydrogens is 530 g/mol. The number of amides is 1. The average molecular weight is 574 g/mol. The Morgan fingerprint density at radius 2 is 1.78 bits per heavy atom. The maximum absolute atomic E-state index is 13.7. The third-order valence-corrected chi connectivity index (χ3v) is 10.5. The molecule has 226 valence electrons. The summed E-state index contributed by atoms with van der Waals surface area (Å²) in [5, 5.41) is 23.4. The van der Waals surface area contributed by atoms with Gasteiger partial charge in [-0.3, -0.25) is 24.0 Å². The Kier molecular flexibility index (Phi) is 8.65. The first-order valence-corrected chi connectivity index (χ1v) is 14.8. The molecule has 0 aromatic rings. The molecule has 4 aliphatic carbocycles. The highest BCUT2D eigenvalue weighted by Crippen LogP contribution is 2.66. The van der Waals surface area contributed by atoms with E-state index in [1.807, 2.05) is 13.8 Å². The largest absolute Gasteiger partial charge is 0.480 e. The summed E-state index contributed by atoms with van der Waals surface area (Å²) in [5.74, 6) is -3.34. The van der Waals surface area contributed by atoms with Crippen molar-refractivity contribution in [3.8, 4) is 0 Å². The summed E-state index contributed by atoms with van der Waals surface area (Å²) < 4.78 is 5.13. The summed E-state index contributed by atoms with van der Waals surface area (Å²) in [6.07, 6.45) is 4.66. The highest BCUT2D eigenvalue weighted by atomic mass is 16.5. The highest BCUT2D eigenvalue weighted by Gasteiger charge is 2.68. The van der Waals surface area contributed by atoms with Crippen LogP contribution in [0.15, 0.2) is 11.6 Å². The third kappa shape index (κ3) is 5.64. The van der Waals surface area contributed by atoms with E-state index in [0.717, 1.165) is 18.4 Å². The van der Waals surface area contributed by atoms with Gasteiger partial charge in [0.1, 0.15) is 17.4 Å². The minimum Gasteiger partial charge on any atom is -0.480 e. The van der Waals surface area contributed by atoms with Gasteiger partial charge in [-0.1, -0.05) is 33.3 Å². The lowest BCUT2D eigenvalue weighted by molar-refractivity contribution is -0.173. The number of Topliss-reactive ketones (excluding diaryl/α,β-unsaturated/α-hetero) is 2. The molecule has 41 heavy (non-hydrogen) atoms. The summed E-state index contributed by atoms with van der Waals surface area (Å²) in [7, 11) is 0. The topological polar surface area (TPSA) is 164 Å². The van der Waals surface area contributed by atoms with Crippen LogP contribution in [0.4, 0.5) is 0 Å². The SMILES string of the molecule is CC(C)C[C@@H](NC(=O)CCC(=O)OCC(=O)[C@@]1(O)CC[C@H]2[C@@H]3CCC4=CC(=O)CC[C@]4(C)[C@H]3C(=O)C[C@@]21C)C(=O)O. The molecule has 3 fully saturated rings. The molecule has 1 amide bonds. The summed E-state index contributed by atoms with van der Waals surface area (Å²) in [6, 6.07) is -1.06. The number of hydrogen-bond donors (Lipinski definition) is 3. The first-order valence-electron chi connectivity index (χ1n) is 14.8. The Bertz CT molecular complexity index is 1170. The molecule has 0 radical (unpaired) electrons. The van der Waals surface area contributed by atoms with Crippen LogP contribution in [0.1, 0.15) is 91.9 Å². The van der Waals surface area contributed by atoms with Crippen LogP contribution in [0.25, 0.3) is 0 Å². The summed E-state index contributed by atoms with van der Waals surface area (Å²) in [5.41, 5.74) is -2.13. The van der Waals surface area contributed by atoms with Crippen LogP contribution >= 0.6 is 0 Å². The van der Waals surface area contributed by atoms with E-state index in [0.29, 0.717) is 19.3 Å². The number of nitrogens with one attached hydrogen (secondary N) is 1. The van der Waals surface area contributed by atoms with E-state index >= 15 is 0 Å². The van der Waals surface area contributed by atoms with E-state index < -0.39 is 47.3 Å². The fourth-order valence-corrected chi connectivity index (χ4v) is 8.36. The predicted octanol–water partition coefficient (Wildman–Crippen LogP) is 2.94. The van der Waals surface area contributed by atoms with Crippen LogP contribution in [-0.4, -0.2) is 63.7 Å². The van der Waals surface area contributed by atoms with Gasteiger partial charge in [0, 0.05) is 30.6 Å². The second-order valence-electron chi connectivity index (χ2n) is 13.5. The Hall–Kier alpha value is -2.88. The van der Waals surface area contributed by atoms with Gasteiger partial charge in [-0.25, -0.2) is 4.79 Å². The molecule has 0 aromatic carbocycles. The van der Waals surface area contributed by atoms with Gasteiger partial charge < -0.3 is 20.3 Å². The normalized spacial score (nSPS) is 35.1. The molecule has 0 bridgehead atoms. The lowest BCUT2D eigenvalue weighted by Crippen LogP contribution is -2.61. The van der Waals surface area contributed by atoms with Crippen LogP contribution in [0.3, 0.4) is 0 Å². The maximum atomic E-state index is 13.7. The number of aliphatic hydroxyl groups is 1. The first-order chi connectivity index (χ1) is 19.1. The number of allylic oxidation sites excluding steroid dienone is 1. The van der Waals surface area contributed by atoms with Gasteiger partial charge >= 0.3 is 11.9 Å². The van der Waals surface area contributed by atoms with Gasteiger partial charge in [0.05, 0.1) is 6.42 Å². The van der Waals surface area contributed by atoms with Gasteiger partial charge in [-0.15, -0.1) is 0 Å². The molecule has 4 rings (SSSR count). The van der Waals surface area contributed by atoms with Crippen molar-refractivity contribution in [1.82, 2.24) is 5.32 Å². The van der Waals surface area contributed by atoms with E-state index in [2.05, 4.69) is 12.2 Å². The van der Waals surface area contributed by atoms with Crippen molar-refractivity contribution in [3.63, 3.8) is 0 Å². The molecule has 10 nitrogen and oxygen atoms in total. The zero-order chi connectivity index (χ0) is 30.3. The van der Waals surface area contributed by atoms with Crippen LogP contribution in [0, 0.1) is 34.5 Å². The standard InChI is InChI=1S/C31H43NO9/c1-17(2)13-22(28(38)39)32-25(36)7-8-26(37)41-16-24(35)31(40)12-10-21-20-6-5-18-14-19(33)9-11-29(18,3)27(20)23(34)15-30(21,31)4/h14,17,20-22,27,40H,5-13,15-16H2,1-4H3,(H,32,36)(H,38,39)/t20-,21-,22+,27+,29-,30-,31-/m0/s1. The van der Waals surface area contributed by atoms with Crippen molar-refractivity contribution < 1.29 is 43.7 Å². The number of aliphatic carboxylic acids is 1. The lowest BCUT2D eigenvalue weighted by atomic mass is 9.46. The number of carboxylic acid groups (broad SMARTS) is 1.